The molecule has 2 aromatic carbocycles. The molecule has 1 aliphatic rings. The minimum Gasteiger partial charge on any atom is -0.496 e. The van der Waals surface area contributed by atoms with Gasteiger partial charge in [0.1, 0.15) is 5.75 Å². The molecule has 1 aliphatic carbocycles. The van der Waals surface area contributed by atoms with E-state index in [9.17, 15) is 8.42 Å². The summed E-state index contributed by atoms with van der Waals surface area (Å²) in [6, 6.07) is 15.0. The average molecular weight is 558 g/mol. The summed E-state index contributed by atoms with van der Waals surface area (Å²) in [5.41, 5.74) is 2.09. The molecule has 7 nitrogen and oxygen atoms in total. The Hall–Kier alpha value is -1.85. The fraction of sp³-hybridized carbons (Fsp3) is 0.409. The second kappa shape index (κ2) is 12.3. The first-order chi connectivity index (χ1) is 14.5. The van der Waals surface area contributed by atoms with Crippen molar-refractivity contribution in [3.63, 3.8) is 0 Å². The van der Waals surface area contributed by atoms with Crippen LogP contribution >= 0.6 is 24.0 Å². The average Bonchev–Trinajstić information content (AvgIpc) is 3.56. The molecule has 0 saturated heterocycles. The fourth-order valence-electron chi connectivity index (χ4n) is 3.00. The normalized spacial score (nSPS) is 13.9. The Morgan fingerprint density at radius 2 is 1.81 bits per heavy atom. The van der Waals surface area contributed by atoms with E-state index in [1.807, 2.05) is 37.3 Å². The molecule has 0 aliphatic heterocycles. The van der Waals surface area contributed by atoms with Crippen LogP contribution in [0.1, 0.15) is 30.9 Å². The van der Waals surface area contributed by atoms with Crippen LogP contribution in [0.3, 0.4) is 0 Å². The number of benzene rings is 2. The van der Waals surface area contributed by atoms with Crippen molar-refractivity contribution in [2.45, 2.75) is 43.7 Å². The molecule has 1 saturated carbocycles. The van der Waals surface area contributed by atoms with Crippen molar-refractivity contribution >= 4 is 40.0 Å². The summed E-state index contributed by atoms with van der Waals surface area (Å²) in [6.07, 6.45) is 2.65. The fourth-order valence-corrected chi connectivity index (χ4v) is 4.30. The number of nitrogens with one attached hydrogen (secondary N) is 3. The zero-order valence-corrected chi connectivity index (χ0v) is 21.1. The van der Waals surface area contributed by atoms with E-state index in [1.165, 1.54) is 0 Å². The third-order valence-electron chi connectivity index (χ3n) is 4.78. The van der Waals surface area contributed by atoms with Crippen LogP contribution in [0.2, 0.25) is 0 Å². The molecule has 0 heterocycles. The second-order valence-corrected chi connectivity index (χ2v) is 8.94. The molecule has 31 heavy (non-hydrogen) atoms. The van der Waals surface area contributed by atoms with Crippen molar-refractivity contribution in [2.24, 2.45) is 4.99 Å². The Morgan fingerprint density at radius 3 is 2.45 bits per heavy atom. The van der Waals surface area contributed by atoms with Gasteiger partial charge in [-0.05, 0) is 55.5 Å². The van der Waals surface area contributed by atoms with Gasteiger partial charge in [-0.3, -0.25) is 0 Å². The molecule has 0 unspecified atom stereocenters. The predicted octanol–water partition coefficient (Wildman–Crippen LogP) is 3.05. The number of guanidine groups is 1. The van der Waals surface area contributed by atoms with Crippen LogP contribution < -0.4 is 20.1 Å². The largest absolute Gasteiger partial charge is 0.496 e. The number of para-hydroxylation sites is 1. The SMILES string of the molecule is CCNC(=NCc1ccc(S(=O)(=O)NC2CC2)cc1)NCCc1ccccc1OC.I. The van der Waals surface area contributed by atoms with Crippen molar-refractivity contribution in [3.8, 4) is 5.75 Å². The number of rotatable bonds is 10. The molecular weight excluding hydrogens is 527 g/mol. The zero-order valence-electron chi connectivity index (χ0n) is 17.9. The zero-order chi connectivity index (χ0) is 21.4. The van der Waals surface area contributed by atoms with Gasteiger partial charge in [-0.2, -0.15) is 0 Å². The van der Waals surface area contributed by atoms with Gasteiger partial charge in [0, 0.05) is 19.1 Å². The van der Waals surface area contributed by atoms with Crippen LogP contribution in [-0.4, -0.2) is 40.6 Å². The standard InChI is InChI=1S/C22H30N4O3S.HI/c1-3-23-22(24-15-14-18-6-4-5-7-21(18)29-2)25-16-17-8-12-20(13-9-17)30(27,28)26-19-10-11-19;/h4-9,12-13,19,26H,3,10-11,14-16H2,1-2H3,(H2,23,24,25);1H. The predicted molar refractivity (Wildman–Crippen MR) is 135 cm³/mol. The van der Waals surface area contributed by atoms with Crippen LogP contribution in [0.5, 0.6) is 5.75 Å². The lowest BCUT2D eigenvalue weighted by Crippen LogP contribution is -2.38. The third kappa shape index (κ3) is 7.97. The first kappa shape index (κ1) is 25.4. The highest BCUT2D eigenvalue weighted by Gasteiger charge is 2.27. The van der Waals surface area contributed by atoms with Gasteiger partial charge in [-0.25, -0.2) is 18.1 Å². The Balaban J connectivity index is 0.00000341. The maximum atomic E-state index is 12.3. The van der Waals surface area contributed by atoms with E-state index < -0.39 is 10.0 Å². The summed E-state index contributed by atoms with van der Waals surface area (Å²) in [6.45, 7) is 3.95. The van der Waals surface area contributed by atoms with Crippen LogP contribution in [0.4, 0.5) is 0 Å². The molecule has 170 valence electrons. The van der Waals surface area contributed by atoms with E-state index in [0.717, 1.165) is 55.2 Å². The molecule has 0 atom stereocenters. The quantitative estimate of drug-likeness (QED) is 0.237. The first-order valence-electron chi connectivity index (χ1n) is 10.3. The second-order valence-electron chi connectivity index (χ2n) is 7.22. The van der Waals surface area contributed by atoms with Gasteiger partial charge in [0.15, 0.2) is 5.96 Å². The number of hydrogen-bond donors (Lipinski definition) is 3. The Labute approximate surface area is 202 Å². The summed E-state index contributed by atoms with van der Waals surface area (Å²) in [4.78, 5) is 4.90. The summed E-state index contributed by atoms with van der Waals surface area (Å²) in [5.74, 6) is 1.60. The molecule has 0 spiro atoms. The Morgan fingerprint density at radius 1 is 1.10 bits per heavy atom. The summed E-state index contributed by atoms with van der Waals surface area (Å²) < 4.78 is 32.6. The van der Waals surface area contributed by atoms with E-state index in [1.54, 1.807) is 19.2 Å². The van der Waals surface area contributed by atoms with Crippen molar-refractivity contribution in [1.82, 2.24) is 15.4 Å². The first-order valence-corrected chi connectivity index (χ1v) is 11.8. The molecule has 1 fully saturated rings. The van der Waals surface area contributed by atoms with Gasteiger partial charge in [0.2, 0.25) is 10.0 Å². The van der Waals surface area contributed by atoms with Crippen molar-refractivity contribution in [1.29, 1.82) is 0 Å². The monoisotopic (exact) mass is 558 g/mol. The van der Waals surface area contributed by atoms with Crippen molar-refractivity contribution in [3.05, 3.63) is 59.7 Å². The lowest BCUT2D eigenvalue weighted by molar-refractivity contribution is 0.409. The maximum absolute atomic E-state index is 12.3. The van der Waals surface area contributed by atoms with Gasteiger partial charge < -0.3 is 15.4 Å². The highest BCUT2D eigenvalue weighted by Crippen LogP contribution is 2.22. The van der Waals surface area contributed by atoms with E-state index >= 15 is 0 Å². The highest BCUT2D eigenvalue weighted by atomic mass is 127. The molecule has 2 aromatic rings. The van der Waals surface area contributed by atoms with Crippen LogP contribution in [-0.2, 0) is 23.0 Å². The van der Waals surface area contributed by atoms with Gasteiger partial charge in [-0.1, -0.05) is 30.3 Å². The van der Waals surface area contributed by atoms with Gasteiger partial charge >= 0.3 is 0 Å². The third-order valence-corrected chi connectivity index (χ3v) is 6.31. The molecular formula is C22H31IN4O3S. The van der Waals surface area contributed by atoms with Crippen molar-refractivity contribution in [2.75, 3.05) is 20.2 Å². The van der Waals surface area contributed by atoms with E-state index in [0.29, 0.717) is 11.4 Å². The lowest BCUT2D eigenvalue weighted by Gasteiger charge is -2.13. The van der Waals surface area contributed by atoms with Crippen LogP contribution in [0.15, 0.2) is 58.4 Å². The summed E-state index contributed by atoms with van der Waals surface area (Å²) >= 11 is 0. The van der Waals surface area contributed by atoms with Gasteiger partial charge in [0.05, 0.1) is 18.6 Å². The van der Waals surface area contributed by atoms with E-state index in [2.05, 4.69) is 26.4 Å². The minimum atomic E-state index is -3.42. The molecule has 3 N–H and O–H groups in total. The number of sulfonamides is 1. The number of halogens is 1. The number of ether oxygens (including phenoxy) is 1. The molecule has 0 radical (unpaired) electrons. The summed E-state index contributed by atoms with van der Waals surface area (Å²) in [5, 5.41) is 6.57. The Kier molecular flexibility index (Phi) is 10.0. The number of methoxy groups -OCH3 is 1. The molecule has 0 amide bonds. The van der Waals surface area contributed by atoms with Crippen LogP contribution in [0, 0.1) is 0 Å². The minimum absolute atomic E-state index is 0. The topological polar surface area (TPSA) is 91.8 Å². The smallest absolute Gasteiger partial charge is 0.240 e. The molecule has 3 rings (SSSR count). The highest BCUT2D eigenvalue weighted by molar-refractivity contribution is 14.0. The molecule has 0 aromatic heterocycles. The number of aliphatic imine (C=N–C) groups is 1. The number of hydrogen-bond acceptors (Lipinski definition) is 4. The maximum Gasteiger partial charge on any atom is 0.240 e. The van der Waals surface area contributed by atoms with Crippen molar-refractivity contribution < 1.29 is 13.2 Å². The van der Waals surface area contributed by atoms with Gasteiger partial charge in [-0.15, -0.1) is 24.0 Å². The van der Waals surface area contributed by atoms with E-state index in [-0.39, 0.29) is 30.0 Å². The summed E-state index contributed by atoms with van der Waals surface area (Å²) in [7, 11) is -1.74. The van der Waals surface area contributed by atoms with Crippen LogP contribution in [0.25, 0.3) is 0 Å². The number of nitrogens with zero attached hydrogens (tertiary/aromatic N) is 1. The van der Waals surface area contributed by atoms with E-state index in [4.69, 9.17) is 4.74 Å². The Bertz CT molecular complexity index is 961. The lowest BCUT2D eigenvalue weighted by atomic mass is 10.1. The molecule has 9 heteroatoms. The molecule has 0 bridgehead atoms. The van der Waals surface area contributed by atoms with Gasteiger partial charge in [0.25, 0.3) is 0 Å².